The summed E-state index contributed by atoms with van der Waals surface area (Å²) in [4.78, 5) is 15.4. The number of aromatic nitrogens is 1. The second kappa shape index (κ2) is 6.62. The van der Waals surface area contributed by atoms with Crippen LogP contribution in [0, 0.1) is 0 Å². The first-order chi connectivity index (χ1) is 11.0. The molecule has 0 aliphatic heterocycles. The van der Waals surface area contributed by atoms with Crippen molar-refractivity contribution in [3.05, 3.63) is 64.1 Å². The maximum Gasteiger partial charge on any atom is 0.242 e. The van der Waals surface area contributed by atoms with Gasteiger partial charge in [0.25, 0.3) is 0 Å². The van der Waals surface area contributed by atoms with Crippen LogP contribution in [0.1, 0.15) is 5.56 Å². The van der Waals surface area contributed by atoms with Crippen LogP contribution >= 0.6 is 23.2 Å². The highest BCUT2D eigenvalue weighted by Gasteiger charge is 2.16. The molecular formula is C17H15Cl2N3O. The van der Waals surface area contributed by atoms with Gasteiger partial charge in [-0.2, -0.15) is 0 Å². The summed E-state index contributed by atoms with van der Waals surface area (Å²) in [6.07, 6.45) is 0.373. The van der Waals surface area contributed by atoms with E-state index in [4.69, 9.17) is 28.9 Å². The average molecular weight is 348 g/mol. The van der Waals surface area contributed by atoms with Gasteiger partial charge in [-0.15, -0.1) is 0 Å². The number of benzene rings is 2. The van der Waals surface area contributed by atoms with E-state index < -0.39 is 6.04 Å². The highest BCUT2D eigenvalue weighted by Crippen LogP contribution is 2.22. The normalized spacial score (nSPS) is 12.3. The number of nitrogens with two attached hydrogens (primary N) is 1. The first-order valence-corrected chi connectivity index (χ1v) is 7.86. The van der Waals surface area contributed by atoms with Gasteiger partial charge in [0, 0.05) is 20.9 Å². The van der Waals surface area contributed by atoms with Crippen LogP contribution in [-0.2, 0) is 11.2 Å². The molecule has 118 valence electrons. The Labute approximate surface area is 143 Å². The van der Waals surface area contributed by atoms with Crippen LogP contribution in [0.25, 0.3) is 10.9 Å². The van der Waals surface area contributed by atoms with Gasteiger partial charge in [0.1, 0.15) is 5.82 Å². The van der Waals surface area contributed by atoms with Crippen LogP contribution < -0.4 is 11.1 Å². The largest absolute Gasteiger partial charge is 0.341 e. The zero-order chi connectivity index (χ0) is 16.4. The molecule has 4 nitrogen and oxygen atoms in total. The van der Waals surface area contributed by atoms with Gasteiger partial charge in [0.2, 0.25) is 5.91 Å². The summed E-state index contributed by atoms with van der Waals surface area (Å²) in [5.41, 5.74) is 7.72. The fourth-order valence-electron chi connectivity index (χ4n) is 2.39. The Bertz CT molecular complexity index is 860. The molecule has 4 N–H and O–H groups in total. The Morgan fingerprint density at radius 1 is 1.17 bits per heavy atom. The summed E-state index contributed by atoms with van der Waals surface area (Å²) in [6.45, 7) is 0. The number of amides is 1. The molecule has 0 fully saturated rings. The standard InChI is InChI=1S/C17H15Cl2N3O/c18-12-5-6-15-11(7-12)9-16(21-15)22-17(23)14(20)8-10-3-1-2-4-13(10)19/h1-7,9,14,21H,8,20H2,(H,22,23). The number of rotatable bonds is 4. The molecule has 1 heterocycles. The molecule has 6 heteroatoms. The number of anilines is 1. The van der Waals surface area contributed by atoms with Gasteiger partial charge in [-0.25, -0.2) is 0 Å². The van der Waals surface area contributed by atoms with E-state index in [-0.39, 0.29) is 5.91 Å². The van der Waals surface area contributed by atoms with Crippen molar-refractivity contribution in [3.63, 3.8) is 0 Å². The van der Waals surface area contributed by atoms with E-state index in [1.807, 2.05) is 36.4 Å². The van der Waals surface area contributed by atoms with Crippen molar-refractivity contribution in [2.24, 2.45) is 5.73 Å². The fraction of sp³-hybridized carbons (Fsp3) is 0.118. The quantitative estimate of drug-likeness (QED) is 0.667. The molecular weight excluding hydrogens is 333 g/mol. The van der Waals surface area contributed by atoms with Gasteiger partial charge in [0.05, 0.1) is 6.04 Å². The van der Waals surface area contributed by atoms with Crippen LogP contribution in [0.15, 0.2) is 48.5 Å². The second-order valence-corrected chi connectivity index (χ2v) is 6.15. The predicted molar refractivity (Wildman–Crippen MR) is 95.1 cm³/mol. The highest BCUT2D eigenvalue weighted by molar-refractivity contribution is 6.31. The third-order valence-electron chi connectivity index (χ3n) is 3.58. The molecule has 0 spiro atoms. The topological polar surface area (TPSA) is 70.9 Å². The molecule has 3 rings (SSSR count). The van der Waals surface area contributed by atoms with Gasteiger partial charge in [0.15, 0.2) is 0 Å². The van der Waals surface area contributed by atoms with E-state index in [1.54, 1.807) is 12.1 Å². The number of halogens is 2. The Hall–Kier alpha value is -2.01. The first kappa shape index (κ1) is 15.9. The molecule has 0 saturated heterocycles. The second-order valence-electron chi connectivity index (χ2n) is 5.31. The Morgan fingerprint density at radius 2 is 1.96 bits per heavy atom. The first-order valence-electron chi connectivity index (χ1n) is 7.11. The average Bonchev–Trinajstić information content (AvgIpc) is 2.90. The third-order valence-corrected chi connectivity index (χ3v) is 4.18. The Kier molecular flexibility index (Phi) is 4.57. The van der Waals surface area contributed by atoms with Crippen LogP contribution in [0.3, 0.4) is 0 Å². The van der Waals surface area contributed by atoms with Crippen molar-refractivity contribution < 1.29 is 4.79 Å². The monoisotopic (exact) mass is 347 g/mol. The molecule has 3 aromatic rings. The molecule has 1 unspecified atom stereocenters. The van der Waals surface area contributed by atoms with Crippen molar-refractivity contribution in [2.45, 2.75) is 12.5 Å². The fourth-order valence-corrected chi connectivity index (χ4v) is 2.78. The summed E-state index contributed by atoms with van der Waals surface area (Å²) in [6, 6.07) is 14.0. The van der Waals surface area contributed by atoms with Crippen molar-refractivity contribution in [3.8, 4) is 0 Å². The number of hydrogen-bond acceptors (Lipinski definition) is 2. The lowest BCUT2D eigenvalue weighted by Crippen LogP contribution is -2.37. The summed E-state index contributed by atoms with van der Waals surface area (Å²) in [7, 11) is 0. The van der Waals surface area contributed by atoms with E-state index in [1.165, 1.54) is 0 Å². The van der Waals surface area contributed by atoms with Crippen LogP contribution in [0.2, 0.25) is 10.0 Å². The lowest BCUT2D eigenvalue weighted by molar-refractivity contribution is -0.117. The molecule has 0 aliphatic carbocycles. The molecule has 0 saturated carbocycles. The molecule has 23 heavy (non-hydrogen) atoms. The minimum atomic E-state index is -0.690. The summed E-state index contributed by atoms with van der Waals surface area (Å²) < 4.78 is 0. The molecule has 1 atom stereocenters. The van der Waals surface area contributed by atoms with Crippen molar-refractivity contribution in [1.82, 2.24) is 4.98 Å². The van der Waals surface area contributed by atoms with E-state index in [9.17, 15) is 4.79 Å². The SMILES string of the molecule is NC(Cc1ccccc1Cl)C(=O)Nc1cc2cc(Cl)ccc2[nH]1. The molecule has 0 bridgehead atoms. The van der Waals surface area contributed by atoms with Crippen LogP contribution in [0.5, 0.6) is 0 Å². The summed E-state index contributed by atoms with van der Waals surface area (Å²) >= 11 is 12.1. The zero-order valence-corrected chi connectivity index (χ0v) is 13.7. The van der Waals surface area contributed by atoms with Gasteiger partial charge >= 0.3 is 0 Å². The maximum atomic E-state index is 12.2. The van der Waals surface area contributed by atoms with Crippen molar-refractivity contribution >= 4 is 45.8 Å². The zero-order valence-electron chi connectivity index (χ0n) is 12.1. The Balaban J connectivity index is 1.71. The number of carbonyl (C=O) groups is 1. The summed E-state index contributed by atoms with van der Waals surface area (Å²) in [5, 5.41) is 4.96. The summed E-state index contributed by atoms with van der Waals surface area (Å²) in [5.74, 6) is 0.310. The smallest absolute Gasteiger partial charge is 0.242 e. The number of H-pyrrole nitrogens is 1. The minimum Gasteiger partial charge on any atom is -0.341 e. The Morgan fingerprint density at radius 3 is 2.74 bits per heavy atom. The van der Waals surface area contributed by atoms with Crippen LogP contribution in [-0.4, -0.2) is 16.9 Å². The number of aromatic amines is 1. The van der Waals surface area contributed by atoms with Crippen molar-refractivity contribution in [1.29, 1.82) is 0 Å². The number of fused-ring (bicyclic) bond motifs is 1. The maximum absolute atomic E-state index is 12.2. The van der Waals surface area contributed by atoms with Crippen LogP contribution in [0.4, 0.5) is 5.82 Å². The van der Waals surface area contributed by atoms with Gasteiger partial charge < -0.3 is 16.0 Å². The van der Waals surface area contributed by atoms with Gasteiger partial charge in [-0.05, 0) is 42.3 Å². The third kappa shape index (κ3) is 3.67. The van der Waals surface area contributed by atoms with Gasteiger partial charge in [-0.1, -0.05) is 41.4 Å². The number of hydrogen-bond donors (Lipinski definition) is 3. The van der Waals surface area contributed by atoms with Gasteiger partial charge in [-0.3, -0.25) is 4.79 Å². The highest BCUT2D eigenvalue weighted by atomic mass is 35.5. The molecule has 2 aromatic carbocycles. The van der Waals surface area contributed by atoms with E-state index >= 15 is 0 Å². The molecule has 0 aliphatic rings. The lowest BCUT2D eigenvalue weighted by Gasteiger charge is -2.12. The molecule has 0 radical (unpaired) electrons. The molecule has 1 aromatic heterocycles. The predicted octanol–water partition coefficient (Wildman–Crippen LogP) is 3.98. The van der Waals surface area contributed by atoms with Crippen molar-refractivity contribution in [2.75, 3.05) is 5.32 Å². The lowest BCUT2D eigenvalue weighted by atomic mass is 10.1. The number of carbonyl (C=O) groups excluding carboxylic acids is 1. The van der Waals surface area contributed by atoms with E-state index in [2.05, 4.69) is 10.3 Å². The van der Waals surface area contributed by atoms with E-state index in [0.29, 0.717) is 22.3 Å². The van der Waals surface area contributed by atoms with E-state index in [0.717, 1.165) is 16.5 Å². The molecule has 1 amide bonds. The minimum absolute atomic E-state index is 0.275. The number of nitrogens with one attached hydrogen (secondary N) is 2.